The van der Waals surface area contributed by atoms with Crippen LogP contribution in [0.3, 0.4) is 0 Å². The minimum Gasteiger partial charge on any atom is -0.478 e. The normalized spacial score (nSPS) is 15.8. The Balaban J connectivity index is 2.10. The number of carboxylic acid groups (broad SMARTS) is 1. The Kier molecular flexibility index (Phi) is 3.38. The van der Waals surface area contributed by atoms with Gasteiger partial charge in [0.05, 0.1) is 5.56 Å². The summed E-state index contributed by atoms with van der Waals surface area (Å²) in [4.78, 5) is 21.8. The average Bonchev–Trinajstić information content (AvgIpc) is 2.33. The Morgan fingerprint density at radius 3 is 2.18 bits per heavy atom. The molecule has 1 saturated carbocycles. The molecular weight excluding hydrogens is 216 g/mol. The van der Waals surface area contributed by atoms with Crippen LogP contribution >= 0.6 is 0 Å². The molecule has 17 heavy (non-hydrogen) atoms. The van der Waals surface area contributed by atoms with Gasteiger partial charge in [-0.1, -0.05) is 23.8 Å². The zero-order valence-electron chi connectivity index (χ0n) is 9.48. The second kappa shape index (κ2) is 4.95. The fourth-order valence-electron chi connectivity index (χ4n) is 1.95. The van der Waals surface area contributed by atoms with Crippen molar-refractivity contribution in [3.63, 3.8) is 0 Å². The second-order valence-corrected chi connectivity index (χ2v) is 4.27. The van der Waals surface area contributed by atoms with Gasteiger partial charge in [-0.2, -0.15) is 0 Å². The van der Waals surface area contributed by atoms with Gasteiger partial charge < -0.3 is 5.11 Å². The molecule has 0 radical (unpaired) electrons. The lowest BCUT2D eigenvalue weighted by Gasteiger charge is -2.12. The Morgan fingerprint density at radius 1 is 1.06 bits per heavy atom. The zero-order chi connectivity index (χ0) is 12.3. The lowest BCUT2D eigenvalue weighted by molar-refractivity contribution is -0.119. The summed E-state index contributed by atoms with van der Waals surface area (Å²) in [6.07, 6.45) is 5.00. The minimum atomic E-state index is -0.910. The van der Waals surface area contributed by atoms with E-state index in [1.165, 1.54) is 5.57 Å². The Hall–Kier alpha value is -1.90. The third-order valence-electron chi connectivity index (χ3n) is 2.98. The molecule has 0 unspecified atom stereocenters. The van der Waals surface area contributed by atoms with Crippen molar-refractivity contribution in [2.24, 2.45) is 0 Å². The van der Waals surface area contributed by atoms with Gasteiger partial charge in [-0.15, -0.1) is 0 Å². The Labute approximate surface area is 99.8 Å². The van der Waals surface area contributed by atoms with Gasteiger partial charge in [0.15, 0.2) is 0 Å². The van der Waals surface area contributed by atoms with Crippen LogP contribution in [-0.2, 0) is 4.79 Å². The summed E-state index contributed by atoms with van der Waals surface area (Å²) in [5.74, 6) is -0.573. The molecule has 0 saturated heterocycles. The average molecular weight is 230 g/mol. The number of rotatable bonds is 2. The van der Waals surface area contributed by atoms with E-state index in [-0.39, 0.29) is 0 Å². The topological polar surface area (TPSA) is 54.4 Å². The monoisotopic (exact) mass is 230 g/mol. The number of hydrogen-bond donors (Lipinski definition) is 1. The highest BCUT2D eigenvalue weighted by molar-refractivity contribution is 5.87. The number of aromatic carboxylic acids is 1. The van der Waals surface area contributed by atoms with Crippen LogP contribution in [0.1, 0.15) is 41.6 Å². The number of ketones is 1. The quantitative estimate of drug-likeness (QED) is 0.849. The standard InChI is InChI=1S/C14H14O3/c15-13-7-3-11(4-8-13)9-10-1-5-12(6-2-10)14(16)17/h1-2,5-6,9H,3-4,7-8H2,(H,16,17). The predicted molar refractivity (Wildman–Crippen MR) is 64.9 cm³/mol. The zero-order valence-corrected chi connectivity index (χ0v) is 9.48. The van der Waals surface area contributed by atoms with E-state index in [1.54, 1.807) is 24.3 Å². The number of carbonyl (C=O) groups is 2. The van der Waals surface area contributed by atoms with Crippen molar-refractivity contribution in [1.29, 1.82) is 0 Å². The molecule has 1 fully saturated rings. The smallest absolute Gasteiger partial charge is 0.335 e. The highest BCUT2D eigenvalue weighted by Gasteiger charge is 2.12. The fraction of sp³-hybridized carbons (Fsp3) is 0.286. The van der Waals surface area contributed by atoms with Crippen molar-refractivity contribution in [3.8, 4) is 0 Å². The third-order valence-corrected chi connectivity index (χ3v) is 2.98. The van der Waals surface area contributed by atoms with Gasteiger partial charge in [-0.05, 0) is 30.5 Å². The number of Topliss-reactive ketones (excluding diaryl/α,β-unsaturated/α-hetero) is 1. The van der Waals surface area contributed by atoms with Crippen molar-refractivity contribution in [3.05, 3.63) is 41.0 Å². The summed E-state index contributed by atoms with van der Waals surface area (Å²) < 4.78 is 0. The first kappa shape index (κ1) is 11.6. The molecule has 2 rings (SSSR count). The van der Waals surface area contributed by atoms with E-state index in [9.17, 15) is 9.59 Å². The summed E-state index contributed by atoms with van der Waals surface area (Å²) >= 11 is 0. The molecule has 0 aromatic heterocycles. The van der Waals surface area contributed by atoms with E-state index in [2.05, 4.69) is 6.08 Å². The van der Waals surface area contributed by atoms with Gasteiger partial charge in [-0.25, -0.2) is 4.79 Å². The van der Waals surface area contributed by atoms with Crippen LogP contribution in [0.4, 0.5) is 0 Å². The molecule has 3 heteroatoms. The molecule has 1 N–H and O–H groups in total. The summed E-state index contributed by atoms with van der Waals surface area (Å²) in [6.45, 7) is 0. The molecule has 0 bridgehead atoms. The van der Waals surface area contributed by atoms with Crippen LogP contribution < -0.4 is 0 Å². The maximum atomic E-state index is 11.1. The van der Waals surface area contributed by atoms with Gasteiger partial charge in [-0.3, -0.25) is 4.79 Å². The highest BCUT2D eigenvalue weighted by atomic mass is 16.4. The Bertz CT molecular complexity index is 457. The molecule has 1 aliphatic carbocycles. The van der Waals surface area contributed by atoms with Gasteiger partial charge in [0, 0.05) is 12.8 Å². The number of carboxylic acids is 1. The minimum absolute atomic E-state index is 0.297. The number of carbonyl (C=O) groups excluding carboxylic acids is 1. The molecule has 1 aromatic rings. The molecule has 88 valence electrons. The lowest BCUT2D eigenvalue weighted by Crippen LogP contribution is -2.05. The predicted octanol–water partition coefficient (Wildman–Crippen LogP) is 2.91. The SMILES string of the molecule is O=C1CCC(=Cc2ccc(C(=O)O)cc2)CC1. The van der Waals surface area contributed by atoms with Crippen LogP contribution in [0.25, 0.3) is 6.08 Å². The lowest BCUT2D eigenvalue weighted by atomic mass is 9.92. The van der Waals surface area contributed by atoms with Crippen molar-refractivity contribution in [1.82, 2.24) is 0 Å². The highest BCUT2D eigenvalue weighted by Crippen LogP contribution is 2.23. The first-order valence-electron chi connectivity index (χ1n) is 5.69. The van der Waals surface area contributed by atoms with E-state index >= 15 is 0 Å². The molecule has 1 aromatic carbocycles. The maximum absolute atomic E-state index is 11.1. The number of hydrogen-bond acceptors (Lipinski definition) is 2. The van der Waals surface area contributed by atoms with E-state index in [0.29, 0.717) is 24.2 Å². The molecule has 0 aliphatic heterocycles. The van der Waals surface area contributed by atoms with E-state index < -0.39 is 5.97 Å². The van der Waals surface area contributed by atoms with Crippen molar-refractivity contribution in [2.75, 3.05) is 0 Å². The molecule has 0 spiro atoms. The van der Waals surface area contributed by atoms with Crippen LogP contribution in [0.5, 0.6) is 0 Å². The van der Waals surface area contributed by atoms with Crippen molar-refractivity contribution < 1.29 is 14.7 Å². The van der Waals surface area contributed by atoms with Crippen molar-refractivity contribution in [2.45, 2.75) is 25.7 Å². The maximum Gasteiger partial charge on any atom is 0.335 e. The molecule has 0 heterocycles. The van der Waals surface area contributed by atoms with E-state index in [4.69, 9.17) is 5.11 Å². The first-order chi connectivity index (χ1) is 8.15. The number of benzene rings is 1. The third kappa shape index (κ3) is 3.03. The van der Waals surface area contributed by atoms with E-state index in [0.717, 1.165) is 18.4 Å². The van der Waals surface area contributed by atoms with Gasteiger partial charge in [0.25, 0.3) is 0 Å². The molecule has 0 atom stereocenters. The number of allylic oxidation sites excluding steroid dienone is 1. The van der Waals surface area contributed by atoms with Gasteiger partial charge in [0.2, 0.25) is 0 Å². The fourth-order valence-corrected chi connectivity index (χ4v) is 1.95. The molecule has 0 amide bonds. The summed E-state index contributed by atoms with van der Waals surface area (Å²) in [5.41, 5.74) is 2.57. The van der Waals surface area contributed by atoms with Crippen LogP contribution in [-0.4, -0.2) is 16.9 Å². The molecular formula is C14H14O3. The summed E-state index contributed by atoms with van der Waals surface area (Å²) in [7, 11) is 0. The second-order valence-electron chi connectivity index (χ2n) is 4.27. The molecule has 1 aliphatic rings. The van der Waals surface area contributed by atoms with Crippen molar-refractivity contribution >= 4 is 17.8 Å². The van der Waals surface area contributed by atoms with Crippen LogP contribution in [0.2, 0.25) is 0 Å². The molecule has 3 nitrogen and oxygen atoms in total. The first-order valence-corrected chi connectivity index (χ1v) is 5.69. The van der Waals surface area contributed by atoms with Gasteiger partial charge in [0.1, 0.15) is 5.78 Å². The van der Waals surface area contributed by atoms with Crippen LogP contribution in [0, 0.1) is 0 Å². The Morgan fingerprint density at radius 2 is 1.65 bits per heavy atom. The summed E-state index contributed by atoms with van der Waals surface area (Å²) in [5, 5.41) is 8.77. The largest absolute Gasteiger partial charge is 0.478 e. The van der Waals surface area contributed by atoms with Gasteiger partial charge >= 0.3 is 5.97 Å². The van der Waals surface area contributed by atoms with Crippen LogP contribution in [0.15, 0.2) is 29.8 Å². The van der Waals surface area contributed by atoms with E-state index in [1.807, 2.05) is 0 Å². The summed E-state index contributed by atoms with van der Waals surface area (Å²) in [6, 6.07) is 6.80.